The SMILES string of the molecule is COC1CN(S(=O)(=O)c2cncc(Br)c2)CCC1C. The van der Waals surface area contributed by atoms with E-state index in [0.29, 0.717) is 23.5 Å². The molecule has 1 saturated heterocycles. The summed E-state index contributed by atoms with van der Waals surface area (Å²) in [6.07, 6.45) is 3.69. The summed E-state index contributed by atoms with van der Waals surface area (Å²) in [5.41, 5.74) is 0. The molecular weight excluding hydrogens is 332 g/mol. The molecule has 1 aliphatic rings. The molecule has 0 aliphatic carbocycles. The average molecular weight is 349 g/mol. The van der Waals surface area contributed by atoms with Gasteiger partial charge >= 0.3 is 0 Å². The van der Waals surface area contributed by atoms with E-state index in [9.17, 15) is 8.42 Å². The van der Waals surface area contributed by atoms with Crippen molar-refractivity contribution < 1.29 is 13.2 Å². The average Bonchev–Trinajstić information content (AvgIpc) is 2.39. The fourth-order valence-corrected chi connectivity index (χ4v) is 4.19. The summed E-state index contributed by atoms with van der Waals surface area (Å²) in [5.74, 6) is 0.372. The maximum Gasteiger partial charge on any atom is 0.244 e. The Morgan fingerprint density at radius 2 is 2.21 bits per heavy atom. The molecule has 2 heterocycles. The van der Waals surface area contributed by atoms with Gasteiger partial charge in [0.25, 0.3) is 0 Å². The Labute approximate surface area is 122 Å². The molecule has 0 spiro atoms. The Kier molecular flexibility index (Phi) is 4.60. The van der Waals surface area contributed by atoms with Gasteiger partial charge in [-0.15, -0.1) is 0 Å². The van der Waals surface area contributed by atoms with Gasteiger partial charge in [-0.25, -0.2) is 8.42 Å². The Bertz CT molecular complexity index is 550. The molecular formula is C12H17BrN2O3S. The Hall–Kier alpha value is -0.500. The van der Waals surface area contributed by atoms with E-state index in [0.717, 1.165) is 6.42 Å². The topological polar surface area (TPSA) is 59.5 Å². The number of piperidine rings is 1. The van der Waals surface area contributed by atoms with Crippen LogP contribution in [0.2, 0.25) is 0 Å². The minimum Gasteiger partial charge on any atom is -0.380 e. The summed E-state index contributed by atoms with van der Waals surface area (Å²) in [6.45, 7) is 3.00. The number of nitrogens with zero attached hydrogens (tertiary/aromatic N) is 2. The lowest BCUT2D eigenvalue weighted by molar-refractivity contribution is 0.0184. The predicted molar refractivity (Wildman–Crippen MR) is 75.3 cm³/mol. The summed E-state index contributed by atoms with van der Waals surface area (Å²) < 4.78 is 32.5. The van der Waals surface area contributed by atoms with Crippen LogP contribution in [0.4, 0.5) is 0 Å². The van der Waals surface area contributed by atoms with Crippen LogP contribution in [0.3, 0.4) is 0 Å². The van der Waals surface area contributed by atoms with Gasteiger partial charge in [0.05, 0.1) is 6.10 Å². The molecule has 1 aliphatic heterocycles. The van der Waals surface area contributed by atoms with Crippen LogP contribution in [0.1, 0.15) is 13.3 Å². The molecule has 7 heteroatoms. The van der Waals surface area contributed by atoms with E-state index in [-0.39, 0.29) is 11.0 Å². The highest BCUT2D eigenvalue weighted by Gasteiger charge is 2.33. The van der Waals surface area contributed by atoms with Crippen molar-refractivity contribution in [3.63, 3.8) is 0 Å². The third kappa shape index (κ3) is 3.16. The lowest BCUT2D eigenvalue weighted by Crippen LogP contribution is -2.46. The van der Waals surface area contributed by atoms with Crippen molar-refractivity contribution >= 4 is 26.0 Å². The van der Waals surface area contributed by atoms with Gasteiger partial charge in [0.1, 0.15) is 4.90 Å². The van der Waals surface area contributed by atoms with E-state index >= 15 is 0 Å². The van der Waals surface area contributed by atoms with Crippen LogP contribution in [0.15, 0.2) is 27.8 Å². The first kappa shape index (κ1) is 14.9. The largest absolute Gasteiger partial charge is 0.380 e. The third-order valence-corrected chi connectivity index (χ3v) is 5.74. The number of hydrogen-bond donors (Lipinski definition) is 0. The molecule has 1 aromatic rings. The van der Waals surface area contributed by atoms with Gasteiger partial charge in [0.2, 0.25) is 10.0 Å². The molecule has 2 unspecified atom stereocenters. The Morgan fingerprint density at radius 3 is 2.84 bits per heavy atom. The van der Waals surface area contributed by atoms with Crippen LogP contribution in [0.5, 0.6) is 0 Å². The molecule has 1 aromatic heterocycles. The summed E-state index contributed by atoms with van der Waals surface area (Å²) in [6, 6.07) is 1.57. The van der Waals surface area contributed by atoms with Crippen molar-refractivity contribution in [2.45, 2.75) is 24.3 Å². The zero-order valence-corrected chi connectivity index (χ0v) is 13.3. The van der Waals surface area contributed by atoms with Gasteiger partial charge in [-0.1, -0.05) is 6.92 Å². The fourth-order valence-electron chi connectivity index (χ4n) is 2.21. The number of aromatic nitrogens is 1. The molecule has 0 aromatic carbocycles. The van der Waals surface area contributed by atoms with Crippen molar-refractivity contribution in [2.75, 3.05) is 20.2 Å². The van der Waals surface area contributed by atoms with E-state index in [2.05, 4.69) is 27.8 Å². The van der Waals surface area contributed by atoms with Gasteiger partial charge < -0.3 is 4.74 Å². The normalized spacial score (nSPS) is 25.4. The summed E-state index contributed by atoms with van der Waals surface area (Å²) in [5, 5.41) is 0. The first-order valence-corrected chi connectivity index (χ1v) is 8.32. The lowest BCUT2D eigenvalue weighted by Gasteiger charge is -2.35. The minimum absolute atomic E-state index is 0.0522. The van der Waals surface area contributed by atoms with Crippen molar-refractivity contribution in [1.82, 2.24) is 9.29 Å². The lowest BCUT2D eigenvalue weighted by atomic mass is 9.97. The molecule has 1 fully saturated rings. The number of pyridine rings is 1. The number of rotatable bonds is 3. The molecule has 0 bridgehead atoms. The highest BCUT2D eigenvalue weighted by Crippen LogP contribution is 2.25. The predicted octanol–water partition coefficient (Wildman–Crippen LogP) is 1.89. The van der Waals surface area contributed by atoms with E-state index < -0.39 is 10.0 Å². The van der Waals surface area contributed by atoms with Gasteiger partial charge in [-0.2, -0.15) is 4.31 Å². The maximum atomic E-state index is 12.5. The zero-order chi connectivity index (χ0) is 14.0. The summed E-state index contributed by atoms with van der Waals surface area (Å²) in [7, 11) is -1.87. The van der Waals surface area contributed by atoms with Crippen LogP contribution in [-0.4, -0.2) is 44.0 Å². The van der Waals surface area contributed by atoms with E-state index in [1.807, 2.05) is 0 Å². The molecule has 0 saturated carbocycles. The maximum absolute atomic E-state index is 12.5. The highest BCUT2D eigenvalue weighted by atomic mass is 79.9. The first-order chi connectivity index (χ1) is 8.95. The number of methoxy groups -OCH3 is 1. The molecule has 2 rings (SSSR count). The molecule has 2 atom stereocenters. The molecule has 0 N–H and O–H groups in total. The monoisotopic (exact) mass is 348 g/mol. The van der Waals surface area contributed by atoms with E-state index in [1.165, 1.54) is 10.5 Å². The van der Waals surface area contributed by atoms with Crippen LogP contribution < -0.4 is 0 Å². The Balaban J connectivity index is 2.25. The number of sulfonamides is 1. The van der Waals surface area contributed by atoms with Crippen molar-refractivity contribution in [1.29, 1.82) is 0 Å². The van der Waals surface area contributed by atoms with Crippen LogP contribution in [-0.2, 0) is 14.8 Å². The van der Waals surface area contributed by atoms with Crippen molar-refractivity contribution in [3.8, 4) is 0 Å². The second kappa shape index (κ2) is 5.87. The van der Waals surface area contributed by atoms with Gasteiger partial charge in [0, 0.05) is 37.1 Å². The van der Waals surface area contributed by atoms with Gasteiger partial charge in [-0.05, 0) is 34.3 Å². The van der Waals surface area contributed by atoms with Crippen molar-refractivity contribution in [3.05, 3.63) is 22.9 Å². The van der Waals surface area contributed by atoms with Gasteiger partial charge in [-0.3, -0.25) is 4.98 Å². The summed E-state index contributed by atoms with van der Waals surface area (Å²) >= 11 is 3.24. The van der Waals surface area contributed by atoms with E-state index in [4.69, 9.17) is 4.74 Å². The summed E-state index contributed by atoms with van der Waals surface area (Å²) in [4.78, 5) is 4.13. The number of hydrogen-bond acceptors (Lipinski definition) is 4. The van der Waals surface area contributed by atoms with Crippen molar-refractivity contribution in [2.24, 2.45) is 5.92 Å². The standard InChI is InChI=1S/C12H17BrN2O3S/c1-9-3-4-15(8-12(9)18-2)19(16,17)11-5-10(13)6-14-7-11/h5-7,9,12H,3-4,8H2,1-2H3. The number of halogens is 1. The minimum atomic E-state index is -3.49. The van der Waals surface area contributed by atoms with Gasteiger partial charge in [0.15, 0.2) is 0 Å². The quantitative estimate of drug-likeness (QED) is 0.836. The van der Waals surface area contributed by atoms with Crippen LogP contribution in [0, 0.1) is 5.92 Å². The van der Waals surface area contributed by atoms with E-state index in [1.54, 1.807) is 19.4 Å². The van der Waals surface area contributed by atoms with Crippen LogP contribution in [0.25, 0.3) is 0 Å². The second-order valence-electron chi connectivity index (χ2n) is 4.74. The zero-order valence-electron chi connectivity index (χ0n) is 10.9. The first-order valence-electron chi connectivity index (χ1n) is 6.08. The fraction of sp³-hybridized carbons (Fsp3) is 0.583. The molecule has 106 valence electrons. The third-order valence-electron chi connectivity index (χ3n) is 3.47. The van der Waals surface area contributed by atoms with Crippen LogP contribution >= 0.6 is 15.9 Å². The second-order valence-corrected chi connectivity index (χ2v) is 7.60. The molecule has 0 amide bonds. The highest BCUT2D eigenvalue weighted by molar-refractivity contribution is 9.10. The number of ether oxygens (including phenoxy) is 1. The smallest absolute Gasteiger partial charge is 0.244 e. The molecule has 0 radical (unpaired) electrons. The molecule has 19 heavy (non-hydrogen) atoms. The Morgan fingerprint density at radius 1 is 1.47 bits per heavy atom. The molecule has 5 nitrogen and oxygen atoms in total.